The number of aliphatic carboxylic acids is 1. The molecule has 0 saturated carbocycles. The predicted octanol–water partition coefficient (Wildman–Crippen LogP) is 4.10. The molecular formula is C17H19ClN2O5. The number of carboxylic acid groups (broad SMARTS) is 1. The Morgan fingerprint density at radius 2 is 2.08 bits per heavy atom. The second-order valence-electron chi connectivity index (χ2n) is 6.09. The number of furan rings is 1. The minimum atomic E-state index is -0.904. The number of rotatable bonds is 8. The summed E-state index contributed by atoms with van der Waals surface area (Å²) in [6.45, 7) is 4.17. The molecule has 1 aromatic heterocycles. The van der Waals surface area contributed by atoms with Crippen molar-refractivity contribution >= 4 is 23.3 Å². The van der Waals surface area contributed by atoms with Gasteiger partial charge < -0.3 is 9.52 Å². The molecule has 0 saturated heterocycles. The number of nitrogens with one attached hydrogen (secondary N) is 1. The fourth-order valence-electron chi connectivity index (χ4n) is 2.40. The highest BCUT2D eigenvalue weighted by Crippen LogP contribution is 2.32. The van der Waals surface area contributed by atoms with Gasteiger partial charge in [-0.05, 0) is 30.5 Å². The van der Waals surface area contributed by atoms with E-state index in [1.165, 1.54) is 18.2 Å². The van der Waals surface area contributed by atoms with E-state index < -0.39 is 16.9 Å². The third-order valence-electron chi connectivity index (χ3n) is 3.62. The number of nitro groups is 1. The third kappa shape index (κ3) is 5.04. The van der Waals surface area contributed by atoms with E-state index in [-0.39, 0.29) is 23.2 Å². The van der Waals surface area contributed by atoms with Gasteiger partial charge in [-0.15, -0.1) is 0 Å². The lowest BCUT2D eigenvalue weighted by atomic mass is 10.0. The molecule has 0 aliphatic rings. The van der Waals surface area contributed by atoms with Crippen LogP contribution < -0.4 is 5.32 Å². The monoisotopic (exact) mass is 366 g/mol. The van der Waals surface area contributed by atoms with Gasteiger partial charge in [0.15, 0.2) is 0 Å². The number of hydrogen-bond donors (Lipinski definition) is 2. The number of halogens is 1. The zero-order valence-corrected chi connectivity index (χ0v) is 14.6. The van der Waals surface area contributed by atoms with Crippen LogP contribution in [0.5, 0.6) is 0 Å². The SMILES string of the molecule is CC(C)C[C@H](NCc1ccc(-c2ccc([N+](=O)[O-])cc2Cl)o1)C(=O)O. The molecule has 1 heterocycles. The summed E-state index contributed by atoms with van der Waals surface area (Å²) in [5.41, 5.74) is 0.440. The van der Waals surface area contributed by atoms with Gasteiger partial charge in [-0.25, -0.2) is 0 Å². The summed E-state index contributed by atoms with van der Waals surface area (Å²) in [6.07, 6.45) is 0.511. The van der Waals surface area contributed by atoms with Crippen molar-refractivity contribution in [1.82, 2.24) is 5.32 Å². The maximum absolute atomic E-state index is 11.2. The van der Waals surface area contributed by atoms with Crippen LogP contribution in [-0.2, 0) is 11.3 Å². The van der Waals surface area contributed by atoms with Crippen LogP contribution >= 0.6 is 11.6 Å². The number of benzene rings is 1. The van der Waals surface area contributed by atoms with Gasteiger partial charge in [0.1, 0.15) is 17.6 Å². The molecule has 25 heavy (non-hydrogen) atoms. The summed E-state index contributed by atoms with van der Waals surface area (Å²) in [5.74, 6) is 0.366. The molecule has 0 radical (unpaired) electrons. The molecule has 2 aromatic rings. The molecule has 1 atom stereocenters. The average Bonchev–Trinajstić information content (AvgIpc) is 2.99. The Kier molecular flexibility index (Phi) is 6.17. The van der Waals surface area contributed by atoms with Gasteiger partial charge in [0.2, 0.25) is 0 Å². The number of nitro benzene ring substituents is 1. The summed E-state index contributed by atoms with van der Waals surface area (Å²) < 4.78 is 5.68. The highest BCUT2D eigenvalue weighted by atomic mass is 35.5. The molecule has 2 rings (SSSR count). The number of nitrogens with zero attached hydrogens (tertiary/aromatic N) is 1. The van der Waals surface area contributed by atoms with Crippen molar-refractivity contribution in [2.45, 2.75) is 32.9 Å². The Morgan fingerprint density at radius 1 is 1.36 bits per heavy atom. The van der Waals surface area contributed by atoms with Gasteiger partial charge in [0, 0.05) is 17.7 Å². The smallest absolute Gasteiger partial charge is 0.320 e. The highest BCUT2D eigenvalue weighted by Gasteiger charge is 2.19. The molecule has 0 aliphatic heterocycles. The largest absolute Gasteiger partial charge is 0.480 e. The summed E-state index contributed by atoms with van der Waals surface area (Å²) in [4.78, 5) is 21.5. The van der Waals surface area contributed by atoms with Crippen LogP contribution in [0.25, 0.3) is 11.3 Å². The van der Waals surface area contributed by atoms with Crippen LogP contribution in [0.15, 0.2) is 34.7 Å². The molecule has 134 valence electrons. The number of non-ortho nitro benzene ring substituents is 1. The molecule has 0 unspecified atom stereocenters. The average molecular weight is 367 g/mol. The molecular weight excluding hydrogens is 348 g/mol. The topological polar surface area (TPSA) is 106 Å². The van der Waals surface area contributed by atoms with E-state index in [0.29, 0.717) is 23.5 Å². The normalized spacial score (nSPS) is 12.3. The van der Waals surface area contributed by atoms with Crippen LogP contribution in [0.4, 0.5) is 5.69 Å². The van der Waals surface area contributed by atoms with Crippen molar-refractivity contribution in [3.8, 4) is 11.3 Å². The van der Waals surface area contributed by atoms with Gasteiger partial charge in [-0.3, -0.25) is 20.2 Å². The van der Waals surface area contributed by atoms with Crippen LogP contribution in [0.3, 0.4) is 0 Å². The second kappa shape index (κ2) is 8.13. The zero-order chi connectivity index (χ0) is 18.6. The second-order valence-corrected chi connectivity index (χ2v) is 6.50. The number of hydrogen-bond acceptors (Lipinski definition) is 5. The number of carbonyl (C=O) groups is 1. The van der Waals surface area contributed by atoms with Crippen molar-refractivity contribution in [3.05, 3.63) is 51.2 Å². The third-order valence-corrected chi connectivity index (χ3v) is 3.93. The van der Waals surface area contributed by atoms with Gasteiger partial charge in [0.25, 0.3) is 5.69 Å². The maximum Gasteiger partial charge on any atom is 0.320 e. The summed E-state index contributed by atoms with van der Waals surface area (Å²) in [5, 5.41) is 23.1. The van der Waals surface area contributed by atoms with Crippen LogP contribution in [0.1, 0.15) is 26.0 Å². The summed E-state index contributed by atoms with van der Waals surface area (Å²) in [6, 6.07) is 6.90. The molecule has 0 bridgehead atoms. The first-order valence-electron chi connectivity index (χ1n) is 7.77. The minimum Gasteiger partial charge on any atom is -0.480 e. The maximum atomic E-state index is 11.2. The van der Waals surface area contributed by atoms with Crippen molar-refractivity contribution < 1.29 is 19.2 Å². The molecule has 0 fully saturated rings. The van der Waals surface area contributed by atoms with E-state index in [0.717, 1.165) is 0 Å². The van der Waals surface area contributed by atoms with Crippen molar-refractivity contribution in [3.63, 3.8) is 0 Å². The van der Waals surface area contributed by atoms with E-state index in [1.54, 1.807) is 12.1 Å². The Balaban J connectivity index is 2.09. The van der Waals surface area contributed by atoms with Crippen LogP contribution in [-0.4, -0.2) is 22.0 Å². The van der Waals surface area contributed by atoms with Crippen LogP contribution in [0, 0.1) is 16.0 Å². The highest BCUT2D eigenvalue weighted by molar-refractivity contribution is 6.33. The Bertz CT molecular complexity index is 772. The van der Waals surface area contributed by atoms with Gasteiger partial charge in [0.05, 0.1) is 16.5 Å². The molecule has 7 nitrogen and oxygen atoms in total. The van der Waals surface area contributed by atoms with E-state index in [4.69, 9.17) is 16.0 Å². The molecule has 0 aliphatic carbocycles. The van der Waals surface area contributed by atoms with Gasteiger partial charge in [-0.1, -0.05) is 25.4 Å². The van der Waals surface area contributed by atoms with Gasteiger partial charge in [-0.2, -0.15) is 0 Å². The first-order chi connectivity index (χ1) is 11.8. The van der Waals surface area contributed by atoms with Crippen molar-refractivity contribution in [2.75, 3.05) is 0 Å². The van der Waals surface area contributed by atoms with E-state index in [1.807, 2.05) is 13.8 Å². The summed E-state index contributed by atoms with van der Waals surface area (Å²) in [7, 11) is 0. The first kappa shape index (κ1) is 19.0. The van der Waals surface area contributed by atoms with E-state index in [9.17, 15) is 20.0 Å². The summed E-state index contributed by atoms with van der Waals surface area (Å²) >= 11 is 6.09. The lowest BCUT2D eigenvalue weighted by Crippen LogP contribution is -2.37. The standard InChI is InChI=1S/C17H19ClN2O5/c1-10(2)7-15(17(21)22)19-9-12-4-6-16(25-12)13-5-3-11(20(23)24)8-14(13)18/h3-6,8,10,15,19H,7,9H2,1-2H3,(H,21,22)/t15-/m0/s1. The Hall–Kier alpha value is -2.38. The zero-order valence-electron chi connectivity index (χ0n) is 13.9. The van der Waals surface area contributed by atoms with Crippen molar-refractivity contribution in [1.29, 1.82) is 0 Å². The van der Waals surface area contributed by atoms with Crippen molar-refractivity contribution in [2.24, 2.45) is 5.92 Å². The lowest BCUT2D eigenvalue weighted by molar-refractivity contribution is -0.384. The van der Waals surface area contributed by atoms with E-state index in [2.05, 4.69) is 5.32 Å². The fourth-order valence-corrected chi connectivity index (χ4v) is 2.67. The molecule has 0 spiro atoms. The predicted molar refractivity (Wildman–Crippen MR) is 93.5 cm³/mol. The Labute approximate surface area is 149 Å². The van der Waals surface area contributed by atoms with E-state index >= 15 is 0 Å². The van der Waals surface area contributed by atoms with Gasteiger partial charge >= 0.3 is 5.97 Å². The first-order valence-corrected chi connectivity index (χ1v) is 8.15. The molecule has 1 aromatic carbocycles. The molecule has 8 heteroatoms. The lowest BCUT2D eigenvalue weighted by Gasteiger charge is -2.15. The quantitative estimate of drug-likeness (QED) is 0.538. The molecule has 2 N–H and O–H groups in total. The molecule has 0 amide bonds. The Morgan fingerprint density at radius 3 is 2.64 bits per heavy atom. The van der Waals surface area contributed by atoms with Crippen LogP contribution in [0.2, 0.25) is 5.02 Å². The minimum absolute atomic E-state index is 0.0971. The fraction of sp³-hybridized carbons (Fsp3) is 0.353. The number of carboxylic acids is 1.